The van der Waals surface area contributed by atoms with Crippen LogP contribution in [0.25, 0.3) is 0 Å². The molecule has 94 valence electrons. The van der Waals surface area contributed by atoms with E-state index < -0.39 is 0 Å². The smallest absolute Gasteiger partial charge is 0.114 e. The highest BCUT2D eigenvalue weighted by molar-refractivity contribution is 5.17. The number of ether oxygens (including phenoxy) is 1. The zero-order chi connectivity index (χ0) is 11.9. The Labute approximate surface area is 101 Å². The van der Waals surface area contributed by atoms with Crippen LogP contribution in [0.1, 0.15) is 31.6 Å². The number of rotatable bonds is 2. The molecule has 3 heterocycles. The van der Waals surface area contributed by atoms with Crippen LogP contribution in [0, 0.1) is 0 Å². The highest BCUT2D eigenvalue weighted by Crippen LogP contribution is 2.35. The first-order valence-electron chi connectivity index (χ1n) is 6.21. The van der Waals surface area contributed by atoms with E-state index in [1.165, 1.54) is 0 Å². The molecule has 0 amide bonds. The van der Waals surface area contributed by atoms with E-state index >= 15 is 0 Å². The largest absolute Gasteiger partial charge is 0.369 e. The third-order valence-corrected chi connectivity index (χ3v) is 3.60. The van der Waals surface area contributed by atoms with Crippen LogP contribution in [0.15, 0.2) is 6.20 Å². The van der Waals surface area contributed by atoms with E-state index in [4.69, 9.17) is 4.74 Å². The van der Waals surface area contributed by atoms with Crippen molar-refractivity contribution in [2.75, 3.05) is 26.2 Å². The van der Waals surface area contributed by atoms with Gasteiger partial charge in [0.15, 0.2) is 0 Å². The standard InChI is InChI=1S/C11H19N5O/c1-8(2)16-9(5-14-15-16)10-11(6-12-7-11)17-4-3-13-10/h5,8,10,12-13H,3-4,6-7H2,1-2H3. The molecular weight excluding hydrogens is 218 g/mol. The topological polar surface area (TPSA) is 64.0 Å². The molecule has 1 atom stereocenters. The average molecular weight is 237 g/mol. The van der Waals surface area contributed by atoms with Crippen LogP contribution in [0.4, 0.5) is 0 Å². The van der Waals surface area contributed by atoms with E-state index in [2.05, 4.69) is 34.8 Å². The molecule has 17 heavy (non-hydrogen) atoms. The lowest BCUT2D eigenvalue weighted by molar-refractivity contribution is -0.130. The summed E-state index contributed by atoms with van der Waals surface area (Å²) < 4.78 is 7.96. The van der Waals surface area contributed by atoms with Crippen LogP contribution in [0.2, 0.25) is 0 Å². The van der Waals surface area contributed by atoms with Gasteiger partial charge in [0.05, 0.1) is 24.5 Å². The van der Waals surface area contributed by atoms with Crippen LogP contribution >= 0.6 is 0 Å². The Morgan fingerprint density at radius 1 is 1.53 bits per heavy atom. The summed E-state index contributed by atoms with van der Waals surface area (Å²) in [7, 11) is 0. The molecule has 0 aliphatic carbocycles. The minimum absolute atomic E-state index is 0.105. The molecule has 1 unspecified atom stereocenters. The van der Waals surface area contributed by atoms with Crippen molar-refractivity contribution in [2.24, 2.45) is 0 Å². The molecule has 3 rings (SSSR count). The van der Waals surface area contributed by atoms with Gasteiger partial charge in [-0.3, -0.25) is 0 Å². The first-order valence-corrected chi connectivity index (χ1v) is 6.21. The summed E-state index contributed by atoms with van der Waals surface area (Å²) in [4.78, 5) is 0. The van der Waals surface area contributed by atoms with Gasteiger partial charge < -0.3 is 15.4 Å². The van der Waals surface area contributed by atoms with Crippen molar-refractivity contribution in [1.29, 1.82) is 0 Å². The van der Waals surface area contributed by atoms with Crippen molar-refractivity contribution < 1.29 is 4.74 Å². The van der Waals surface area contributed by atoms with Crippen molar-refractivity contribution in [3.05, 3.63) is 11.9 Å². The molecule has 1 aromatic rings. The first kappa shape index (κ1) is 11.1. The Morgan fingerprint density at radius 3 is 3.00 bits per heavy atom. The number of hydrogen-bond acceptors (Lipinski definition) is 5. The molecule has 2 aliphatic heterocycles. The van der Waals surface area contributed by atoms with Gasteiger partial charge in [-0.25, -0.2) is 4.68 Å². The van der Waals surface area contributed by atoms with E-state index in [9.17, 15) is 0 Å². The lowest BCUT2D eigenvalue weighted by atomic mass is 9.84. The van der Waals surface area contributed by atoms with Crippen LogP contribution in [0.5, 0.6) is 0 Å². The van der Waals surface area contributed by atoms with Crippen LogP contribution < -0.4 is 10.6 Å². The molecule has 0 radical (unpaired) electrons. The van der Waals surface area contributed by atoms with Gasteiger partial charge in [-0.1, -0.05) is 5.21 Å². The lowest BCUT2D eigenvalue weighted by Gasteiger charge is -2.50. The molecule has 1 aromatic heterocycles. The second-order valence-electron chi connectivity index (χ2n) is 5.10. The van der Waals surface area contributed by atoms with E-state index in [0.717, 1.165) is 31.9 Å². The maximum atomic E-state index is 5.98. The summed E-state index contributed by atoms with van der Waals surface area (Å²) in [6.07, 6.45) is 1.85. The zero-order valence-corrected chi connectivity index (χ0v) is 10.3. The Morgan fingerprint density at radius 2 is 2.35 bits per heavy atom. The van der Waals surface area contributed by atoms with Gasteiger partial charge in [-0.2, -0.15) is 0 Å². The molecule has 6 heteroatoms. The third kappa shape index (κ3) is 1.67. The number of aromatic nitrogens is 3. The van der Waals surface area contributed by atoms with Gasteiger partial charge in [0.25, 0.3) is 0 Å². The molecular formula is C11H19N5O. The maximum absolute atomic E-state index is 5.98. The number of hydrogen-bond donors (Lipinski definition) is 2. The second-order valence-corrected chi connectivity index (χ2v) is 5.10. The summed E-state index contributed by atoms with van der Waals surface area (Å²) in [5, 5.41) is 15.0. The molecule has 2 saturated heterocycles. The summed E-state index contributed by atoms with van der Waals surface area (Å²) in [5.74, 6) is 0. The van der Waals surface area contributed by atoms with E-state index in [1.54, 1.807) is 0 Å². The Balaban J connectivity index is 1.93. The van der Waals surface area contributed by atoms with Crippen molar-refractivity contribution in [2.45, 2.75) is 31.5 Å². The monoisotopic (exact) mass is 237 g/mol. The summed E-state index contributed by atoms with van der Waals surface area (Å²) in [6.45, 7) is 7.69. The molecule has 2 N–H and O–H groups in total. The van der Waals surface area contributed by atoms with Crippen LogP contribution in [-0.2, 0) is 4.74 Å². The zero-order valence-electron chi connectivity index (χ0n) is 10.3. The van der Waals surface area contributed by atoms with Gasteiger partial charge in [-0.15, -0.1) is 5.10 Å². The molecule has 1 spiro atoms. The molecule has 2 fully saturated rings. The quantitative estimate of drug-likeness (QED) is 0.749. The van der Waals surface area contributed by atoms with Crippen molar-refractivity contribution >= 4 is 0 Å². The Bertz CT molecular complexity index is 398. The van der Waals surface area contributed by atoms with Gasteiger partial charge in [0, 0.05) is 25.7 Å². The summed E-state index contributed by atoms with van der Waals surface area (Å²) >= 11 is 0. The minimum Gasteiger partial charge on any atom is -0.369 e. The molecule has 0 bridgehead atoms. The summed E-state index contributed by atoms with van der Waals surface area (Å²) in [5.41, 5.74) is 1.02. The predicted molar refractivity (Wildman–Crippen MR) is 62.7 cm³/mol. The normalized spacial score (nSPS) is 27.4. The molecule has 2 aliphatic rings. The second kappa shape index (κ2) is 4.04. The maximum Gasteiger partial charge on any atom is 0.114 e. The van der Waals surface area contributed by atoms with Gasteiger partial charge >= 0.3 is 0 Å². The van der Waals surface area contributed by atoms with Crippen molar-refractivity contribution in [3.8, 4) is 0 Å². The highest BCUT2D eigenvalue weighted by atomic mass is 16.5. The molecule has 6 nitrogen and oxygen atoms in total. The predicted octanol–water partition coefficient (Wildman–Crippen LogP) is -0.138. The third-order valence-electron chi connectivity index (χ3n) is 3.60. The van der Waals surface area contributed by atoms with Gasteiger partial charge in [0.1, 0.15) is 5.60 Å². The van der Waals surface area contributed by atoms with Crippen LogP contribution in [-0.4, -0.2) is 46.8 Å². The van der Waals surface area contributed by atoms with E-state index in [1.807, 2.05) is 10.9 Å². The number of morpholine rings is 1. The van der Waals surface area contributed by atoms with Crippen LogP contribution in [0.3, 0.4) is 0 Å². The summed E-state index contributed by atoms with van der Waals surface area (Å²) in [6, 6.07) is 0.510. The lowest BCUT2D eigenvalue weighted by Crippen LogP contribution is -2.69. The first-order chi connectivity index (χ1) is 8.23. The Kier molecular flexibility index (Phi) is 2.65. The highest BCUT2D eigenvalue weighted by Gasteiger charge is 2.49. The fraction of sp³-hybridized carbons (Fsp3) is 0.818. The minimum atomic E-state index is -0.105. The number of nitrogens with one attached hydrogen (secondary N) is 2. The Hall–Kier alpha value is -0.980. The SMILES string of the molecule is CC(C)n1nncc1C1NCCOC12CNC2. The van der Waals surface area contributed by atoms with Gasteiger partial charge in [-0.05, 0) is 13.8 Å². The average Bonchev–Trinajstić information content (AvgIpc) is 2.75. The van der Waals surface area contributed by atoms with E-state index in [-0.39, 0.29) is 11.6 Å². The molecule has 0 aromatic carbocycles. The number of nitrogens with zero attached hydrogens (tertiary/aromatic N) is 3. The fourth-order valence-electron chi connectivity index (χ4n) is 2.64. The van der Waals surface area contributed by atoms with Crippen molar-refractivity contribution in [3.63, 3.8) is 0 Å². The molecule has 0 saturated carbocycles. The van der Waals surface area contributed by atoms with Gasteiger partial charge in [0.2, 0.25) is 0 Å². The fourth-order valence-corrected chi connectivity index (χ4v) is 2.64. The van der Waals surface area contributed by atoms with E-state index in [0.29, 0.717) is 6.04 Å². The van der Waals surface area contributed by atoms with Crippen molar-refractivity contribution in [1.82, 2.24) is 25.6 Å².